The number of hydrogen-bond donors (Lipinski definition) is 0. The van der Waals surface area contributed by atoms with Gasteiger partial charge in [0.05, 0.1) is 25.7 Å². The van der Waals surface area contributed by atoms with Gasteiger partial charge >= 0.3 is 5.97 Å². The van der Waals surface area contributed by atoms with Gasteiger partial charge in [0.2, 0.25) is 0 Å². The molecule has 0 amide bonds. The molecule has 0 bridgehead atoms. The molecule has 1 saturated heterocycles. The Hall–Kier alpha value is -1.32. The van der Waals surface area contributed by atoms with Crippen molar-refractivity contribution in [2.45, 2.75) is 18.9 Å². The molecule has 0 spiro atoms. The quantitative estimate of drug-likeness (QED) is 0.614. The lowest BCUT2D eigenvalue weighted by molar-refractivity contribution is -0.150. The van der Waals surface area contributed by atoms with E-state index >= 15 is 0 Å². The number of ether oxygens (including phenoxy) is 2. The molecule has 0 saturated carbocycles. The number of esters is 1. The number of halogens is 1. The average molecular weight is 281 g/mol. The van der Waals surface area contributed by atoms with Crippen molar-refractivity contribution in [3.05, 3.63) is 47.0 Å². The number of hydrogen-bond acceptors (Lipinski definition) is 3. The minimum absolute atomic E-state index is 0.261. The first kappa shape index (κ1) is 14.1. The summed E-state index contributed by atoms with van der Waals surface area (Å²) in [5, 5.41) is 0.663. The van der Waals surface area contributed by atoms with Gasteiger partial charge in [-0.25, -0.2) is 0 Å². The lowest BCUT2D eigenvalue weighted by Crippen LogP contribution is -2.24. The van der Waals surface area contributed by atoms with Crippen LogP contribution in [0.25, 0.3) is 0 Å². The molecule has 19 heavy (non-hydrogen) atoms. The van der Waals surface area contributed by atoms with Crippen LogP contribution < -0.4 is 0 Å². The summed E-state index contributed by atoms with van der Waals surface area (Å²) < 4.78 is 10.7. The zero-order valence-electron chi connectivity index (χ0n) is 10.9. The summed E-state index contributed by atoms with van der Waals surface area (Å²) >= 11 is 5.89. The molecule has 3 nitrogen and oxygen atoms in total. The van der Waals surface area contributed by atoms with Crippen molar-refractivity contribution in [3.63, 3.8) is 0 Å². The van der Waals surface area contributed by atoms with Crippen LogP contribution in [0.1, 0.15) is 24.5 Å². The van der Waals surface area contributed by atoms with Crippen molar-refractivity contribution in [1.29, 1.82) is 0 Å². The van der Waals surface area contributed by atoms with E-state index in [0.29, 0.717) is 18.1 Å². The normalized spacial score (nSPS) is 23.8. The summed E-state index contributed by atoms with van der Waals surface area (Å²) in [6.45, 7) is 4.54. The van der Waals surface area contributed by atoms with Gasteiger partial charge in [0.1, 0.15) is 0 Å². The predicted octanol–water partition coefficient (Wildman–Crippen LogP) is 3.54. The Morgan fingerprint density at radius 3 is 2.74 bits per heavy atom. The molecule has 102 valence electrons. The van der Waals surface area contributed by atoms with Gasteiger partial charge in [0.25, 0.3) is 0 Å². The molecule has 1 fully saturated rings. The van der Waals surface area contributed by atoms with E-state index in [1.165, 1.54) is 7.11 Å². The van der Waals surface area contributed by atoms with Crippen LogP contribution in [0.4, 0.5) is 0 Å². The Morgan fingerprint density at radius 2 is 2.11 bits per heavy atom. The summed E-state index contributed by atoms with van der Waals surface area (Å²) in [7, 11) is 1.40. The van der Waals surface area contributed by atoms with Gasteiger partial charge in [-0.3, -0.25) is 4.79 Å². The number of rotatable bonds is 2. The van der Waals surface area contributed by atoms with Gasteiger partial charge in [-0.2, -0.15) is 0 Å². The molecular weight excluding hydrogens is 264 g/mol. The van der Waals surface area contributed by atoms with Crippen molar-refractivity contribution in [2.24, 2.45) is 5.92 Å². The van der Waals surface area contributed by atoms with Crippen molar-refractivity contribution in [2.75, 3.05) is 13.7 Å². The van der Waals surface area contributed by atoms with E-state index in [1.54, 1.807) is 12.1 Å². The molecule has 2 atom stereocenters. The van der Waals surface area contributed by atoms with Crippen molar-refractivity contribution in [1.82, 2.24) is 0 Å². The van der Waals surface area contributed by atoms with Crippen LogP contribution in [0.3, 0.4) is 0 Å². The van der Waals surface area contributed by atoms with Crippen LogP contribution in [0.15, 0.2) is 36.4 Å². The zero-order chi connectivity index (χ0) is 13.8. The van der Waals surface area contributed by atoms with Gasteiger partial charge in [-0.1, -0.05) is 35.9 Å². The SMILES string of the molecule is C=C1CCOC(c2ccc(Cl)cc2)C(C(=O)OC)C1. The van der Waals surface area contributed by atoms with Gasteiger partial charge in [0, 0.05) is 5.02 Å². The fourth-order valence-electron chi connectivity index (χ4n) is 2.31. The fraction of sp³-hybridized carbons (Fsp3) is 0.400. The van der Waals surface area contributed by atoms with Gasteiger partial charge in [0.15, 0.2) is 0 Å². The molecule has 1 aliphatic rings. The second kappa shape index (κ2) is 6.22. The third-order valence-corrected chi connectivity index (χ3v) is 3.58. The van der Waals surface area contributed by atoms with E-state index in [-0.39, 0.29) is 18.0 Å². The third kappa shape index (κ3) is 3.37. The van der Waals surface area contributed by atoms with Gasteiger partial charge in [-0.05, 0) is 30.5 Å². The maximum Gasteiger partial charge on any atom is 0.311 e. The molecule has 0 N–H and O–H groups in total. The summed E-state index contributed by atoms with van der Waals surface area (Å²) in [6, 6.07) is 7.37. The molecule has 1 aromatic carbocycles. The third-order valence-electron chi connectivity index (χ3n) is 3.33. The maximum atomic E-state index is 11.9. The molecule has 2 rings (SSSR count). The molecule has 0 radical (unpaired) electrons. The van der Waals surface area contributed by atoms with E-state index in [4.69, 9.17) is 21.1 Å². The molecule has 0 aromatic heterocycles. The first-order valence-electron chi connectivity index (χ1n) is 6.23. The van der Waals surface area contributed by atoms with Crippen LogP contribution >= 0.6 is 11.6 Å². The Balaban J connectivity index is 2.30. The summed E-state index contributed by atoms with van der Waals surface area (Å²) in [4.78, 5) is 11.9. The number of benzene rings is 1. The average Bonchev–Trinajstić information content (AvgIpc) is 2.61. The van der Waals surface area contributed by atoms with Crippen LogP contribution in [-0.2, 0) is 14.3 Å². The Kier molecular flexibility index (Phi) is 4.61. The van der Waals surface area contributed by atoms with Crippen molar-refractivity contribution in [3.8, 4) is 0 Å². The minimum Gasteiger partial charge on any atom is -0.469 e. The van der Waals surface area contributed by atoms with Gasteiger partial charge < -0.3 is 9.47 Å². The number of carbonyl (C=O) groups excluding carboxylic acids is 1. The molecule has 1 aliphatic heterocycles. The van der Waals surface area contributed by atoms with Crippen LogP contribution in [0.2, 0.25) is 5.02 Å². The number of carbonyl (C=O) groups is 1. The van der Waals surface area contributed by atoms with Crippen LogP contribution in [-0.4, -0.2) is 19.7 Å². The van der Waals surface area contributed by atoms with Crippen LogP contribution in [0.5, 0.6) is 0 Å². The summed E-state index contributed by atoms with van der Waals surface area (Å²) in [5.41, 5.74) is 1.96. The van der Waals surface area contributed by atoms with Gasteiger partial charge in [-0.15, -0.1) is 0 Å². The summed E-state index contributed by atoms with van der Waals surface area (Å²) in [5.74, 6) is -0.607. The molecule has 4 heteroatoms. The largest absolute Gasteiger partial charge is 0.469 e. The molecule has 1 heterocycles. The second-order valence-electron chi connectivity index (χ2n) is 4.68. The highest BCUT2D eigenvalue weighted by Gasteiger charge is 2.33. The fourth-order valence-corrected chi connectivity index (χ4v) is 2.43. The van der Waals surface area contributed by atoms with E-state index < -0.39 is 0 Å². The summed E-state index contributed by atoms with van der Waals surface area (Å²) in [6.07, 6.45) is 1.07. The highest BCUT2D eigenvalue weighted by molar-refractivity contribution is 6.30. The zero-order valence-corrected chi connectivity index (χ0v) is 11.7. The van der Waals surface area contributed by atoms with E-state index in [0.717, 1.165) is 17.6 Å². The monoisotopic (exact) mass is 280 g/mol. The first-order valence-corrected chi connectivity index (χ1v) is 6.61. The Morgan fingerprint density at radius 1 is 1.42 bits per heavy atom. The Labute approximate surface area is 118 Å². The topological polar surface area (TPSA) is 35.5 Å². The standard InChI is InChI=1S/C15H17ClO3/c1-10-7-8-19-14(13(9-10)15(17)18-2)11-3-5-12(16)6-4-11/h3-6,13-14H,1,7-9H2,2H3. The van der Waals surface area contributed by atoms with E-state index in [1.807, 2.05) is 12.1 Å². The molecule has 1 aromatic rings. The highest BCUT2D eigenvalue weighted by atomic mass is 35.5. The molecule has 0 aliphatic carbocycles. The minimum atomic E-state index is -0.346. The van der Waals surface area contributed by atoms with Crippen molar-refractivity contribution < 1.29 is 14.3 Å². The smallest absolute Gasteiger partial charge is 0.311 e. The maximum absolute atomic E-state index is 11.9. The van der Waals surface area contributed by atoms with Crippen molar-refractivity contribution >= 4 is 17.6 Å². The second-order valence-corrected chi connectivity index (χ2v) is 5.11. The lowest BCUT2D eigenvalue weighted by Gasteiger charge is -2.23. The molecule has 2 unspecified atom stereocenters. The molecular formula is C15H17ClO3. The first-order chi connectivity index (χ1) is 9.11. The Bertz CT molecular complexity index is 467. The van der Waals surface area contributed by atoms with Crippen LogP contribution in [0, 0.1) is 5.92 Å². The van der Waals surface area contributed by atoms with E-state index in [2.05, 4.69) is 6.58 Å². The lowest BCUT2D eigenvalue weighted by atomic mass is 9.90. The van der Waals surface area contributed by atoms with E-state index in [9.17, 15) is 4.79 Å². The predicted molar refractivity (Wildman–Crippen MR) is 74.0 cm³/mol. The number of methoxy groups -OCH3 is 1. The highest BCUT2D eigenvalue weighted by Crippen LogP contribution is 2.35.